The average molecular weight is 304 g/mol. The van der Waals surface area contributed by atoms with Crippen LogP contribution < -0.4 is 9.64 Å². The fourth-order valence-corrected chi connectivity index (χ4v) is 3.43. The Labute approximate surface area is 136 Å². The quantitative estimate of drug-likeness (QED) is 0.722. The minimum absolute atomic E-state index is 0.516. The molecule has 0 atom stereocenters. The van der Waals surface area contributed by atoms with Gasteiger partial charge in [0.1, 0.15) is 5.75 Å². The van der Waals surface area contributed by atoms with Gasteiger partial charge in [-0.2, -0.15) is 0 Å². The molecule has 1 aliphatic rings. The molecule has 0 spiro atoms. The number of hydrogen-bond donors (Lipinski definition) is 1. The molecule has 2 heteroatoms. The maximum atomic E-state index is 6.25. The maximum Gasteiger partial charge on any atom is 0.126 e. The summed E-state index contributed by atoms with van der Waals surface area (Å²) in [7, 11) is 0. The van der Waals surface area contributed by atoms with Crippen LogP contribution in [0.15, 0.2) is 18.2 Å². The standard InChI is InChI=1S/C20H33NO/c1-16(2)18-10-9-11-19(17(3)4)20(18)22-15-8-7-14-21-12-5-6-13-21/h9-11,16-17H,5-8,12-15H2,1-4H3/p+1. The predicted molar refractivity (Wildman–Crippen MR) is 94.1 cm³/mol. The van der Waals surface area contributed by atoms with E-state index in [1.54, 1.807) is 4.90 Å². The number of quaternary nitrogens is 1. The Hall–Kier alpha value is -1.02. The Morgan fingerprint density at radius 3 is 2.09 bits per heavy atom. The fourth-order valence-electron chi connectivity index (χ4n) is 3.43. The molecule has 1 heterocycles. The third kappa shape index (κ3) is 4.74. The van der Waals surface area contributed by atoms with E-state index >= 15 is 0 Å². The number of rotatable bonds is 8. The van der Waals surface area contributed by atoms with E-state index in [0.29, 0.717) is 11.8 Å². The normalized spacial score (nSPS) is 15.9. The predicted octanol–water partition coefficient (Wildman–Crippen LogP) is 3.77. The lowest BCUT2D eigenvalue weighted by Gasteiger charge is -2.20. The largest absolute Gasteiger partial charge is 0.493 e. The first-order chi connectivity index (χ1) is 10.6. The van der Waals surface area contributed by atoms with Crippen molar-refractivity contribution in [3.8, 4) is 5.75 Å². The molecule has 1 aromatic rings. The van der Waals surface area contributed by atoms with Gasteiger partial charge in [0.25, 0.3) is 0 Å². The number of nitrogens with one attached hydrogen (secondary N) is 1. The van der Waals surface area contributed by atoms with Crippen LogP contribution in [-0.2, 0) is 0 Å². The summed E-state index contributed by atoms with van der Waals surface area (Å²) in [5, 5.41) is 0. The lowest BCUT2D eigenvalue weighted by molar-refractivity contribution is -0.887. The highest BCUT2D eigenvalue weighted by Crippen LogP contribution is 2.34. The van der Waals surface area contributed by atoms with Crippen molar-refractivity contribution in [1.29, 1.82) is 0 Å². The van der Waals surface area contributed by atoms with Crippen LogP contribution in [0.2, 0.25) is 0 Å². The third-order valence-corrected chi connectivity index (χ3v) is 4.80. The second kappa shape index (κ2) is 8.57. The van der Waals surface area contributed by atoms with Gasteiger partial charge in [0, 0.05) is 12.8 Å². The van der Waals surface area contributed by atoms with E-state index in [-0.39, 0.29) is 0 Å². The summed E-state index contributed by atoms with van der Waals surface area (Å²) >= 11 is 0. The molecule has 2 rings (SSSR count). The third-order valence-electron chi connectivity index (χ3n) is 4.80. The molecule has 1 saturated heterocycles. The van der Waals surface area contributed by atoms with Gasteiger partial charge in [0.2, 0.25) is 0 Å². The Kier molecular flexibility index (Phi) is 6.75. The van der Waals surface area contributed by atoms with Gasteiger partial charge in [0.05, 0.1) is 26.2 Å². The molecule has 1 aliphatic heterocycles. The van der Waals surface area contributed by atoms with Crippen molar-refractivity contribution in [3.05, 3.63) is 29.3 Å². The van der Waals surface area contributed by atoms with Crippen molar-refractivity contribution in [2.75, 3.05) is 26.2 Å². The maximum absolute atomic E-state index is 6.25. The number of para-hydroxylation sites is 1. The van der Waals surface area contributed by atoms with Gasteiger partial charge in [-0.25, -0.2) is 0 Å². The van der Waals surface area contributed by atoms with Gasteiger partial charge in [-0.3, -0.25) is 0 Å². The minimum Gasteiger partial charge on any atom is -0.493 e. The van der Waals surface area contributed by atoms with Crippen LogP contribution in [0.5, 0.6) is 5.75 Å². The molecule has 0 aromatic heterocycles. The highest BCUT2D eigenvalue weighted by molar-refractivity contribution is 5.44. The Morgan fingerprint density at radius 1 is 0.955 bits per heavy atom. The van der Waals surface area contributed by atoms with Crippen LogP contribution in [0.25, 0.3) is 0 Å². The van der Waals surface area contributed by atoms with Crippen molar-refractivity contribution in [2.24, 2.45) is 0 Å². The molecule has 124 valence electrons. The summed E-state index contributed by atoms with van der Waals surface area (Å²) in [4.78, 5) is 1.80. The molecule has 0 saturated carbocycles. The number of ether oxygens (including phenoxy) is 1. The summed E-state index contributed by atoms with van der Waals surface area (Å²) in [5.74, 6) is 2.19. The summed E-state index contributed by atoms with van der Waals surface area (Å²) in [6.07, 6.45) is 5.31. The molecule has 0 unspecified atom stereocenters. The minimum atomic E-state index is 0.516. The van der Waals surface area contributed by atoms with Crippen molar-refractivity contribution in [1.82, 2.24) is 0 Å². The van der Waals surface area contributed by atoms with Gasteiger partial charge in [-0.15, -0.1) is 0 Å². The first-order valence-electron chi connectivity index (χ1n) is 9.18. The monoisotopic (exact) mass is 304 g/mol. The lowest BCUT2D eigenvalue weighted by atomic mass is 9.94. The van der Waals surface area contributed by atoms with E-state index in [4.69, 9.17) is 4.74 Å². The molecule has 0 aliphatic carbocycles. The smallest absolute Gasteiger partial charge is 0.126 e. The summed E-state index contributed by atoms with van der Waals surface area (Å²) in [5.41, 5.74) is 2.72. The molecular formula is C20H34NO+. The second-order valence-corrected chi connectivity index (χ2v) is 7.34. The fraction of sp³-hybridized carbons (Fsp3) is 0.700. The van der Waals surface area contributed by atoms with Crippen LogP contribution in [0, 0.1) is 0 Å². The van der Waals surface area contributed by atoms with Crippen molar-refractivity contribution in [2.45, 2.75) is 65.2 Å². The van der Waals surface area contributed by atoms with Crippen molar-refractivity contribution >= 4 is 0 Å². The zero-order valence-electron chi connectivity index (χ0n) is 15.0. The van der Waals surface area contributed by atoms with E-state index in [1.807, 2.05) is 0 Å². The summed E-state index contributed by atoms with van der Waals surface area (Å²) in [6.45, 7) is 14.0. The molecular weight excluding hydrogens is 270 g/mol. The SMILES string of the molecule is CC(C)c1cccc(C(C)C)c1OCCCC[NH+]1CCCC1. The van der Waals surface area contributed by atoms with Crippen LogP contribution in [0.4, 0.5) is 0 Å². The van der Waals surface area contributed by atoms with Gasteiger partial charge in [0.15, 0.2) is 0 Å². The first kappa shape index (κ1) is 17.3. The summed E-state index contributed by atoms with van der Waals surface area (Å²) < 4.78 is 6.25. The van der Waals surface area contributed by atoms with E-state index in [1.165, 1.54) is 56.4 Å². The topological polar surface area (TPSA) is 13.7 Å². The highest BCUT2D eigenvalue weighted by atomic mass is 16.5. The molecule has 0 amide bonds. The molecule has 0 bridgehead atoms. The van der Waals surface area contributed by atoms with Crippen molar-refractivity contribution in [3.63, 3.8) is 0 Å². The molecule has 22 heavy (non-hydrogen) atoms. The molecule has 2 nitrogen and oxygen atoms in total. The Morgan fingerprint density at radius 2 is 1.55 bits per heavy atom. The Balaban J connectivity index is 1.87. The number of hydrogen-bond acceptors (Lipinski definition) is 1. The van der Waals surface area contributed by atoms with Crippen LogP contribution in [-0.4, -0.2) is 26.2 Å². The number of benzene rings is 1. The first-order valence-corrected chi connectivity index (χ1v) is 9.18. The Bertz CT molecular complexity index is 421. The average Bonchev–Trinajstić information content (AvgIpc) is 2.99. The highest BCUT2D eigenvalue weighted by Gasteiger charge is 2.16. The molecule has 1 N–H and O–H groups in total. The molecule has 1 fully saturated rings. The zero-order valence-corrected chi connectivity index (χ0v) is 15.0. The van der Waals surface area contributed by atoms with E-state index in [2.05, 4.69) is 45.9 Å². The molecule has 0 radical (unpaired) electrons. The van der Waals surface area contributed by atoms with Gasteiger partial charge < -0.3 is 9.64 Å². The van der Waals surface area contributed by atoms with E-state index in [0.717, 1.165) is 12.4 Å². The molecule has 1 aromatic carbocycles. The van der Waals surface area contributed by atoms with Gasteiger partial charge in [-0.05, 0) is 35.8 Å². The lowest BCUT2D eigenvalue weighted by Crippen LogP contribution is -3.09. The van der Waals surface area contributed by atoms with E-state index < -0.39 is 0 Å². The number of unbranched alkanes of at least 4 members (excludes halogenated alkanes) is 1. The second-order valence-electron chi connectivity index (χ2n) is 7.34. The van der Waals surface area contributed by atoms with Gasteiger partial charge >= 0.3 is 0 Å². The van der Waals surface area contributed by atoms with Crippen LogP contribution in [0.1, 0.15) is 76.3 Å². The summed E-state index contributed by atoms with van der Waals surface area (Å²) in [6, 6.07) is 6.62. The van der Waals surface area contributed by atoms with E-state index in [9.17, 15) is 0 Å². The van der Waals surface area contributed by atoms with Crippen LogP contribution >= 0.6 is 0 Å². The van der Waals surface area contributed by atoms with Crippen molar-refractivity contribution < 1.29 is 9.64 Å². The van der Waals surface area contributed by atoms with Crippen LogP contribution in [0.3, 0.4) is 0 Å². The number of likely N-dealkylation sites (tertiary alicyclic amines) is 1. The van der Waals surface area contributed by atoms with Gasteiger partial charge in [-0.1, -0.05) is 45.9 Å². The zero-order chi connectivity index (χ0) is 15.9.